The van der Waals surface area contributed by atoms with Crippen LogP contribution < -0.4 is 4.74 Å². The number of nitrogens with zero attached hydrogens (tertiary/aromatic N) is 3. The minimum atomic E-state index is 0.329. The predicted molar refractivity (Wildman–Crippen MR) is 63.9 cm³/mol. The molecule has 1 aromatic rings. The Bertz CT molecular complexity index is 508. The average Bonchev–Trinajstić information content (AvgIpc) is 2.38. The number of azide groups is 1. The van der Waals surface area contributed by atoms with Gasteiger partial charge in [0.15, 0.2) is 6.29 Å². The summed E-state index contributed by atoms with van der Waals surface area (Å²) < 4.78 is 5.01. The van der Waals surface area contributed by atoms with Gasteiger partial charge in [-0.05, 0) is 23.7 Å². The van der Waals surface area contributed by atoms with Crippen molar-refractivity contribution in [3.05, 3.63) is 39.8 Å². The highest BCUT2D eigenvalue weighted by molar-refractivity contribution is 5.80. The topological polar surface area (TPSA) is 75.1 Å². The van der Waals surface area contributed by atoms with Gasteiger partial charge in [-0.2, -0.15) is 0 Å². The third kappa shape index (κ3) is 3.90. The minimum Gasteiger partial charge on any atom is -0.497 e. The van der Waals surface area contributed by atoms with Crippen LogP contribution in [0, 0.1) is 11.8 Å². The molecule has 0 aliphatic carbocycles. The Labute approximate surface area is 99.0 Å². The van der Waals surface area contributed by atoms with Crippen LogP contribution in [-0.4, -0.2) is 19.9 Å². The molecule has 0 saturated carbocycles. The molecule has 0 amide bonds. The Kier molecular flexibility index (Phi) is 5.15. The molecule has 0 aliphatic rings. The van der Waals surface area contributed by atoms with Crippen LogP contribution in [0.5, 0.6) is 5.75 Å². The van der Waals surface area contributed by atoms with Crippen molar-refractivity contribution in [2.24, 2.45) is 5.11 Å². The summed E-state index contributed by atoms with van der Waals surface area (Å²) in [6.45, 7) is 0.329. The first kappa shape index (κ1) is 12.6. The van der Waals surface area contributed by atoms with Crippen LogP contribution >= 0.6 is 0 Å². The molecule has 5 nitrogen and oxygen atoms in total. The molecule has 0 heterocycles. The summed E-state index contributed by atoms with van der Waals surface area (Å²) in [5.41, 5.74) is 9.20. The number of hydrogen-bond acceptors (Lipinski definition) is 3. The highest BCUT2D eigenvalue weighted by Crippen LogP contribution is 2.15. The second-order valence-corrected chi connectivity index (χ2v) is 3.08. The zero-order valence-corrected chi connectivity index (χ0v) is 9.38. The maximum Gasteiger partial charge on any atom is 0.151 e. The molecule has 17 heavy (non-hydrogen) atoms. The lowest BCUT2D eigenvalue weighted by Crippen LogP contribution is -1.90. The van der Waals surface area contributed by atoms with E-state index in [0.717, 1.165) is 6.29 Å². The molecule has 0 radical (unpaired) electrons. The molecule has 0 aliphatic heterocycles. The fourth-order valence-electron chi connectivity index (χ4n) is 1.19. The van der Waals surface area contributed by atoms with Gasteiger partial charge in [-0.1, -0.05) is 17.0 Å². The van der Waals surface area contributed by atoms with Crippen LogP contribution in [0.1, 0.15) is 22.3 Å². The van der Waals surface area contributed by atoms with Crippen LogP contribution in [0.25, 0.3) is 10.4 Å². The van der Waals surface area contributed by atoms with Crippen molar-refractivity contribution < 1.29 is 9.53 Å². The standard InChI is InChI=1S/C12H11N3O2/c1-17-12-6-5-10(11(8-12)9-16)4-2-3-7-14-15-13/h5-6,8-9H,3,7H2,1H3. The molecule has 0 saturated heterocycles. The van der Waals surface area contributed by atoms with Gasteiger partial charge >= 0.3 is 0 Å². The summed E-state index contributed by atoms with van der Waals surface area (Å²) in [7, 11) is 1.54. The Morgan fingerprint density at radius 1 is 1.59 bits per heavy atom. The van der Waals surface area contributed by atoms with Crippen molar-refractivity contribution >= 4 is 6.29 Å². The lowest BCUT2D eigenvalue weighted by molar-refractivity contribution is 0.112. The lowest BCUT2D eigenvalue weighted by Gasteiger charge is -2.01. The first-order valence-electron chi connectivity index (χ1n) is 4.94. The van der Waals surface area contributed by atoms with Gasteiger partial charge in [-0.25, -0.2) is 0 Å². The van der Waals surface area contributed by atoms with Crippen molar-refractivity contribution in [1.29, 1.82) is 0 Å². The van der Waals surface area contributed by atoms with Gasteiger partial charge < -0.3 is 4.74 Å². The molecule has 0 bridgehead atoms. The van der Waals surface area contributed by atoms with E-state index in [1.807, 2.05) is 0 Å². The normalized spacial score (nSPS) is 8.53. The summed E-state index contributed by atoms with van der Waals surface area (Å²) in [5.74, 6) is 6.31. The van der Waals surface area contributed by atoms with E-state index in [-0.39, 0.29) is 0 Å². The predicted octanol–water partition coefficient (Wildman–Crippen LogP) is 2.56. The van der Waals surface area contributed by atoms with Gasteiger partial charge in [-0.3, -0.25) is 4.79 Å². The van der Waals surface area contributed by atoms with Crippen LogP contribution in [0.4, 0.5) is 0 Å². The molecule has 0 atom stereocenters. The van der Waals surface area contributed by atoms with Gasteiger partial charge in [0.25, 0.3) is 0 Å². The molecule has 0 N–H and O–H groups in total. The third-order valence-electron chi connectivity index (χ3n) is 2.01. The van der Waals surface area contributed by atoms with Crippen molar-refractivity contribution in [2.45, 2.75) is 6.42 Å². The van der Waals surface area contributed by atoms with E-state index in [0.29, 0.717) is 29.8 Å². The number of ether oxygens (including phenoxy) is 1. The Balaban J connectivity index is 2.82. The SMILES string of the molecule is COc1ccc(C#CCCN=[N+]=[N-])c(C=O)c1. The minimum absolute atomic E-state index is 0.329. The van der Waals surface area contributed by atoms with Crippen molar-refractivity contribution in [3.63, 3.8) is 0 Å². The summed E-state index contributed by atoms with van der Waals surface area (Å²) in [5, 5.41) is 3.36. The fraction of sp³-hybridized carbons (Fsp3) is 0.250. The smallest absolute Gasteiger partial charge is 0.151 e. The molecule has 0 aromatic heterocycles. The Morgan fingerprint density at radius 2 is 2.41 bits per heavy atom. The molecule has 0 unspecified atom stereocenters. The highest BCUT2D eigenvalue weighted by atomic mass is 16.5. The van der Waals surface area contributed by atoms with Crippen LogP contribution in [0.3, 0.4) is 0 Å². The average molecular weight is 229 g/mol. The number of carbonyl (C=O) groups excluding carboxylic acids is 1. The molecular formula is C12H11N3O2. The van der Waals surface area contributed by atoms with E-state index in [4.69, 9.17) is 10.3 Å². The molecule has 0 fully saturated rings. The first-order chi connectivity index (χ1) is 8.31. The number of methoxy groups -OCH3 is 1. The van der Waals surface area contributed by atoms with Gasteiger partial charge in [-0.15, -0.1) is 0 Å². The number of hydrogen-bond donors (Lipinski definition) is 0. The van der Waals surface area contributed by atoms with Crippen LogP contribution in [-0.2, 0) is 0 Å². The zero-order chi connectivity index (χ0) is 12.5. The van der Waals surface area contributed by atoms with Crippen LogP contribution in [0.2, 0.25) is 0 Å². The number of aldehydes is 1. The van der Waals surface area contributed by atoms with Gasteiger partial charge in [0, 0.05) is 29.0 Å². The third-order valence-corrected chi connectivity index (χ3v) is 2.01. The molecule has 0 spiro atoms. The summed E-state index contributed by atoms with van der Waals surface area (Å²) in [6, 6.07) is 5.10. The number of benzene rings is 1. The highest BCUT2D eigenvalue weighted by Gasteiger charge is 2.00. The summed E-state index contributed by atoms with van der Waals surface area (Å²) >= 11 is 0. The maximum absolute atomic E-state index is 10.8. The van der Waals surface area contributed by atoms with E-state index in [1.165, 1.54) is 7.11 Å². The van der Waals surface area contributed by atoms with Gasteiger partial charge in [0.05, 0.1) is 7.11 Å². The zero-order valence-electron chi connectivity index (χ0n) is 9.38. The van der Waals surface area contributed by atoms with Crippen LogP contribution in [0.15, 0.2) is 23.3 Å². The van der Waals surface area contributed by atoms with Crippen molar-refractivity contribution in [3.8, 4) is 17.6 Å². The van der Waals surface area contributed by atoms with E-state index >= 15 is 0 Å². The first-order valence-corrected chi connectivity index (χ1v) is 4.94. The molecule has 1 rings (SSSR count). The second-order valence-electron chi connectivity index (χ2n) is 3.08. The molecule has 1 aromatic carbocycles. The maximum atomic E-state index is 10.8. The Morgan fingerprint density at radius 3 is 3.06 bits per heavy atom. The lowest BCUT2D eigenvalue weighted by atomic mass is 10.1. The van der Waals surface area contributed by atoms with Crippen molar-refractivity contribution in [2.75, 3.05) is 13.7 Å². The van der Waals surface area contributed by atoms with E-state index in [2.05, 4.69) is 21.9 Å². The van der Waals surface area contributed by atoms with Gasteiger partial charge in [0.1, 0.15) is 5.75 Å². The summed E-state index contributed by atoms with van der Waals surface area (Å²) in [6.07, 6.45) is 1.20. The fourth-order valence-corrected chi connectivity index (χ4v) is 1.19. The largest absolute Gasteiger partial charge is 0.497 e. The number of rotatable bonds is 4. The quantitative estimate of drug-likeness (QED) is 0.199. The van der Waals surface area contributed by atoms with Gasteiger partial charge in [0.2, 0.25) is 0 Å². The van der Waals surface area contributed by atoms with E-state index in [1.54, 1.807) is 18.2 Å². The monoisotopic (exact) mass is 229 g/mol. The number of carbonyl (C=O) groups is 1. The second kappa shape index (κ2) is 6.94. The molecule has 86 valence electrons. The summed E-state index contributed by atoms with van der Waals surface area (Å²) in [4.78, 5) is 13.5. The van der Waals surface area contributed by atoms with E-state index < -0.39 is 0 Å². The van der Waals surface area contributed by atoms with E-state index in [9.17, 15) is 4.79 Å². The molecular weight excluding hydrogens is 218 g/mol. The van der Waals surface area contributed by atoms with Crippen molar-refractivity contribution in [1.82, 2.24) is 0 Å². The Hall–Kier alpha value is -2.44. The molecule has 5 heteroatoms.